The average Bonchev–Trinajstić information content (AvgIpc) is 3.06. The zero-order valence-corrected chi connectivity index (χ0v) is 14.9. The number of fused-ring (bicyclic) bond motifs is 1. The van der Waals surface area contributed by atoms with Crippen LogP contribution >= 0.6 is 0 Å². The minimum absolute atomic E-state index is 0.186. The predicted molar refractivity (Wildman–Crippen MR) is 97.1 cm³/mol. The topological polar surface area (TPSA) is 101 Å². The van der Waals surface area contributed by atoms with Crippen LogP contribution in [0, 0.1) is 11.8 Å². The molecular weight excluding hydrogens is 334 g/mol. The first-order valence-electron chi connectivity index (χ1n) is 8.90. The van der Waals surface area contributed by atoms with Crippen LogP contribution in [0.1, 0.15) is 43.6 Å². The average molecular weight is 357 g/mol. The van der Waals surface area contributed by atoms with Gasteiger partial charge < -0.3 is 10.4 Å². The molecule has 0 bridgehead atoms. The lowest BCUT2D eigenvalue weighted by Gasteiger charge is -2.15. The van der Waals surface area contributed by atoms with Crippen molar-refractivity contribution in [1.82, 2.24) is 15.1 Å². The van der Waals surface area contributed by atoms with Gasteiger partial charge >= 0.3 is 5.97 Å². The van der Waals surface area contributed by atoms with E-state index in [0.717, 1.165) is 0 Å². The minimum atomic E-state index is -0.823. The SMILES string of the molecule is CC(C)Cn1nc(C(=O)N[C@H]2CC[C@@H](C(=O)O)C2)c2ccccc2c1=O. The second-order valence-electron chi connectivity index (χ2n) is 7.29. The normalized spacial score (nSPS) is 19.8. The molecule has 26 heavy (non-hydrogen) atoms. The van der Waals surface area contributed by atoms with Crippen LogP contribution in [0.5, 0.6) is 0 Å². The molecule has 0 aliphatic heterocycles. The molecule has 2 N–H and O–H groups in total. The Morgan fingerprint density at radius 1 is 1.27 bits per heavy atom. The zero-order chi connectivity index (χ0) is 18.8. The van der Waals surface area contributed by atoms with Gasteiger partial charge in [-0.2, -0.15) is 5.10 Å². The lowest BCUT2D eigenvalue weighted by Crippen LogP contribution is -2.36. The molecule has 1 amide bonds. The summed E-state index contributed by atoms with van der Waals surface area (Å²) in [6.07, 6.45) is 1.61. The fourth-order valence-corrected chi connectivity index (χ4v) is 3.46. The van der Waals surface area contributed by atoms with E-state index in [-0.39, 0.29) is 29.1 Å². The lowest BCUT2D eigenvalue weighted by atomic mass is 10.1. The molecule has 1 heterocycles. The first-order valence-corrected chi connectivity index (χ1v) is 8.90. The molecule has 0 radical (unpaired) electrons. The third kappa shape index (κ3) is 3.61. The summed E-state index contributed by atoms with van der Waals surface area (Å²) >= 11 is 0. The van der Waals surface area contributed by atoms with Crippen molar-refractivity contribution in [3.05, 3.63) is 40.3 Å². The molecule has 2 atom stereocenters. The lowest BCUT2D eigenvalue weighted by molar-refractivity contribution is -0.141. The van der Waals surface area contributed by atoms with E-state index in [0.29, 0.717) is 36.6 Å². The molecule has 3 rings (SSSR count). The Morgan fingerprint density at radius 3 is 2.58 bits per heavy atom. The minimum Gasteiger partial charge on any atom is -0.481 e. The smallest absolute Gasteiger partial charge is 0.306 e. The summed E-state index contributed by atoms with van der Waals surface area (Å²) in [5.41, 5.74) is -0.00252. The number of nitrogens with one attached hydrogen (secondary N) is 1. The number of benzene rings is 1. The number of aliphatic carboxylic acids is 1. The van der Waals surface area contributed by atoms with Gasteiger partial charge in [-0.1, -0.05) is 32.0 Å². The van der Waals surface area contributed by atoms with Gasteiger partial charge in [0, 0.05) is 18.0 Å². The number of nitrogens with zero attached hydrogens (tertiary/aromatic N) is 2. The molecule has 7 heteroatoms. The maximum absolute atomic E-state index is 12.8. The quantitative estimate of drug-likeness (QED) is 0.853. The van der Waals surface area contributed by atoms with Crippen molar-refractivity contribution in [1.29, 1.82) is 0 Å². The Kier molecular flexibility index (Phi) is 5.06. The van der Waals surface area contributed by atoms with Crippen molar-refractivity contribution in [2.75, 3.05) is 0 Å². The maximum Gasteiger partial charge on any atom is 0.306 e. The van der Waals surface area contributed by atoms with Gasteiger partial charge in [0.15, 0.2) is 5.69 Å². The summed E-state index contributed by atoms with van der Waals surface area (Å²) in [5, 5.41) is 17.3. The molecule has 1 aliphatic rings. The molecule has 1 aromatic carbocycles. The van der Waals surface area contributed by atoms with Gasteiger partial charge in [0.05, 0.1) is 11.3 Å². The summed E-state index contributed by atoms with van der Waals surface area (Å²) in [5.74, 6) is -1.39. The Labute approximate surface area is 151 Å². The number of carbonyl (C=O) groups excluding carboxylic acids is 1. The number of hydrogen-bond donors (Lipinski definition) is 2. The second kappa shape index (κ2) is 7.27. The highest BCUT2D eigenvalue weighted by molar-refractivity contribution is 6.04. The standard InChI is InChI=1S/C19H23N3O4/c1-11(2)10-22-18(24)15-6-4-3-5-14(15)16(21-22)17(23)20-13-8-7-12(9-13)19(25)26/h3-6,11-13H,7-10H2,1-2H3,(H,20,23)(H,25,26)/t12-,13+/m1/s1. The van der Waals surface area contributed by atoms with E-state index in [9.17, 15) is 14.4 Å². The van der Waals surface area contributed by atoms with Crippen LogP contribution in [0.2, 0.25) is 0 Å². The van der Waals surface area contributed by atoms with Gasteiger partial charge in [0.25, 0.3) is 11.5 Å². The highest BCUT2D eigenvalue weighted by Gasteiger charge is 2.31. The summed E-state index contributed by atoms with van der Waals surface area (Å²) in [6, 6.07) is 6.76. The first-order chi connectivity index (χ1) is 12.4. The monoisotopic (exact) mass is 357 g/mol. The first kappa shape index (κ1) is 18.1. The zero-order valence-electron chi connectivity index (χ0n) is 14.9. The van der Waals surface area contributed by atoms with E-state index >= 15 is 0 Å². The van der Waals surface area contributed by atoms with Gasteiger partial charge in [-0.25, -0.2) is 4.68 Å². The Bertz CT molecular complexity index is 903. The predicted octanol–water partition coefficient (Wildman–Crippen LogP) is 2.04. The van der Waals surface area contributed by atoms with Crippen LogP contribution in [-0.4, -0.2) is 32.8 Å². The molecule has 138 valence electrons. The van der Waals surface area contributed by atoms with Gasteiger partial charge in [-0.15, -0.1) is 0 Å². The number of carboxylic acids is 1. The number of aromatic nitrogens is 2. The number of hydrogen-bond acceptors (Lipinski definition) is 4. The van der Waals surface area contributed by atoms with Crippen molar-refractivity contribution in [3.63, 3.8) is 0 Å². The van der Waals surface area contributed by atoms with Crippen LogP contribution in [0.15, 0.2) is 29.1 Å². The molecule has 2 aromatic rings. The van der Waals surface area contributed by atoms with Gasteiger partial charge in [0.1, 0.15) is 0 Å². The van der Waals surface area contributed by atoms with Crippen molar-refractivity contribution in [2.45, 2.75) is 45.7 Å². The molecule has 1 saturated carbocycles. The van der Waals surface area contributed by atoms with E-state index in [2.05, 4.69) is 10.4 Å². The summed E-state index contributed by atoms with van der Waals surface area (Å²) in [4.78, 5) is 36.5. The number of carboxylic acid groups (broad SMARTS) is 1. The fraction of sp³-hybridized carbons (Fsp3) is 0.474. The van der Waals surface area contributed by atoms with Gasteiger partial charge in [0.2, 0.25) is 0 Å². The molecule has 1 aromatic heterocycles. The summed E-state index contributed by atoms with van der Waals surface area (Å²) < 4.78 is 1.34. The highest BCUT2D eigenvalue weighted by atomic mass is 16.4. The third-order valence-electron chi connectivity index (χ3n) is 4.74. The molecule has 0 unspecified atom stereocenters. The number of carbonyl (C=O) groups is 2. The fourth-order valence-electron chi connectivity index (χ4n) is 3.46. The Hall–Kier alpha value is -2.70. The van der Waals surface area contributed by atoms with E-state index in [1.165, 1.54) is 4.68 Å². The number of rotatable bonds is 5. The molecule has 0 saturated heterocycles. The van der Waals surface area contributed by atoms with Crippen molar-refractivity contribution >= 4 is 22.6 Å². The Balaban J connectivity index is 1.93. The number of amides is 1. The largest absolute Gasteiger partial charge is 0.481 e. The summed E-state index contributed by atoms with van der Waals surface area (Å²) in [6.45, 7) is 4.38. The van der Waals surface area contributed by atoms with Crippen LogP contribution in [-0.2, 0) is 11.3 Å². The second-order valence-corrected chi connectivity index (χ2v) is 7.29. The summed E-state index contributed by atoms with van der Waals surface area (Å²) in [7, 11) is 0. The molecule has 7 nitrogen and oxygen atoms in total. The van der Waals surface area contributed by atoms with E-state index in [4.69, 9.17) is 5.11 Å². The maximum atomic E-state index is 12.8. The van der Waals surface area contributed by atoms with Crippen LogP contribution in [0.3, 0.4) is 0 Å². The van der Waals surface area contributed by atoms with Gasteiger partial charge in [-0.3, -0.25) is 14.4 Å². The van der Waals surface area contributed by atoms with E-state index in [1.54, 1.807) is 24.3 Å². The van der Waals surface area contributed by atoms with Crippen LogP contribution in [0.25, 0.3) is 10.8 Å². The van der Waals surface area contributed by atoms with E-state index < -0.39 is 11.9 Å². The van der Waals surface area contributed by atoms with Crippen LogP contribution in [0.4, 0.5) is 0 Å². The molecule has 1 aliphatic carbocycles. The van der Waals surface area contributed by atoms with Crippen molar-refractivity contribution in [3.8, 4) is 0 Å². The Morgan fingerprint density at radius 2 is 1.96 bits per heavy atom. The van der Waals surface area contributed by atoms with Crippen LogP contribution < -0.4 is 10.9 Å². The third-order valence-corrected chi connectivity index (χ3v) is 4.74. The molecular formula is C19H23N3O4. The highest BCUT2D eigenvalue weighted by Crippen LogP contribution is 2.26. The van der Waals surface area contributed by atoms with Gasteiger partial charge in [-0.05, 0) is 31.2 Å². The molecule has 1 fully saturated rings. The van der Waals surface area contributed by atoms with E-state index in [1.807, 2.05) is 13.8 Å². The van der Waals surface area contributed by atoms with Crippen molar-refractivity contribution in [2.24, 2.45) is 11.8 Å². The van der Waals surface area contributed by atoms with Crippen molar-refractivity contribution < 1.29 is 14.7 Å². The molecule has 0 spiro atoms.